The third kappa shape index (κ3) is 2.90. The summed E-state index contributed by atoms with van der Waals surface area (Å²) in [7, 11) is 0. The smallest absolute Gasteiger partial charge is 0.410 e. The summed E-state index contributed by atoms with van der Waals surface area (Å²) in [4.78, 5) is 24.3. The highest BCUT2D eigenvalue weighted by molar-refractivity contribution is 5.75. The number of carbonyl (C=O) groups excluding carboxylic acids is 1. The summed E-state index contributed by atoms with van der Waals surface area (Å²) in [6, 6.07) is 0.173. The van der Waals surface area contributed by atoms with E-state index < -0.39 is 11.9 Å². The summed E-state index contributed by atoms with van der Waals surface area (Å²) in [6.45, 7) is 0.316. The summed E-state index contributed by atoms with van der Waals surface area (Å²) in [5.41, 5.74) is 0. The average Bonchev–Trinajstić information content (AvgIpc) is 2.58. The average molecular weight is 241 g/mol. The summed E-state index contributed by atoms with van der Waals surface area (Å²) in [5, 5.41) is 8.98. The molecule has 1 atom stereocenters. The first-order valence-corrected chi connectivity index (χ1v) is 6.34. The van der Waals surface area contributed by atoms with Crippen LogP contribution >= 0.6 is 0 Å². The zero-order valence-electron chi connectivity index (χ0n) is 9.93. The van der Waals surface area contributed by atoms with Gasteiger partial charge in [-0.05, 0) is 12.8 Å². The first-order chi connectivity index (χ1) is 8.18. The maximum absolute atomic E-state index is 11.7. The Hall–Kier alpha value is -1.26. The van der Waals surface area contributed by atoms with Gasteiger partial charge in [0, 0.05) is 12.6 Å². The van der Waals surface area contributed by atoms with Gasteiger partial charge in [-0.15, -0.1) is 0 Å². The fourth-order valence-electron chi connectivity index (χ4n) is 2.64. The lowest BCUT2D eigenvalue weighted by atomic mass is 10.0. The first-order valence-electron chi connectivity index (χ1n) is 6.34. The fraction of sp³-hybridized carbons (Fsp3) is 0.833. The fourth-order valence-corrected chi connectivity index (χ4v) is 2.64. The lowest BCUT2D eigenvalue weighted by molar-refractivity contribution is -0.145. The van der Waals surface area contributed by atoms with Crippen LogP contribution in [-0.4, -0.2) is 41.3 Å². The number of amides is 1. The van der Waals surface area contributed by atoms with Crippen molar-refractivity contribution in [2.45, 2.75) is 44.6 Å². The van der Waals surface area contributed by atoms with Gasteiger partial charge in [-0.2, -0.15) is 0 Å². The van der Waals surface area contributed by atoms with Crippen molar-refractivity contribution >= 4 is 12.1 Å². The Kier molecular flexibility index (Phi) is 3.86. The highest BCUT2D eigenvalue weighted by Gasteiger charge is 2.35. The van der Waals surface area contributed by atoms with Crippen molar-refractivity contribution in [3.05, 3.63) is 0 Å². The van der Waals surface area contributed by atoms with Crippen molar-refractivity contribution in [3.63, 3.8) is 0 Å². The van der Waals surface area contributed by atoms with Gasteiger partial charge >= 0.3 is 12.1 Å². The number of cyclic esters (lactones) is 1. The molecular formula is C12H19NO4. The van der Waals surface area contributed by atoms with Crippen LogP contribution in [0.1, 0.15) is 38.5 Å². The van der Waals surface area contributed by atoms with Gasteiger partial charge in [-0.1, -0.05) is 25.7 Å². The van der Waals surface area contributed by atoms with Gasteiger partial charge < -0.3 is 14.7 Å². The van der Waals surface area contributed by atoms with Crippen LogP contribution < -0.4 is 0 Å². The molecule has 0 spiro atoms. The van der Waals surface area contributed by atoms with E-state index in [1.165, 1.54) is 12.8 Å². The molecule has 0 radical (unpaired) electrons. The molecule has 5 heteroatoms. The van der Waals surface area contributed by atoms with Crippen LogP contribution in [0.4, 0.5) is 4.79 Å². The summed E-state index contributed by atoms with van der Waals surface area (Å²) < 4.78 is 4.96. The molecule has 1 amide bonds. The standard InChI is InChI=1S/C12H19NO4/c14-11(15)9-7-13(12(16)17-8-9)10-5-3-1-2-4-6-10/h9-10H,1-8H2,(H,14,15). The first kappa shape index (κ1) is 12.2. The Morgan fingerprint density at radius 2 is 1.88 bits per heavy atom. The lowest BCUT2D eigenvalue weighted by Crippen LogP contribution is -2.50. The summed E-state index contributed by atoms with van der Waals surface area (Å²) >= 11 is 0. The summed E-state index contributed by atoms with van der Waals surface area (Å²) in [6.07, 6.45) is 6.26. The largest absolute Gasteiger partial charge is 0.481 e. The minimum atomic E-state index is -0.879. The van der Waals surface area contributed by atoms with E-state index in [0.717, 1.165) is 25.7 Å². The zero-order chi connectivity index (χ0) is 12.3. The number of aliphatic carboxylic acids is 1. The molecule has 1 aliphatic heterocycles. The monoisotopic (exact) mass is 241 g/mol. The normalized spacial score (nSPS) is 27.4. The molecule has 96 valence electrons. The van der Waals surface area contributed by atoms with Crippen molar-refractivity contribution in [1.29, 1.82) is 0 Å². The van der Waals surface area contributed by atoms with Gasteiger partial charge in [0.15, 0.2) is 0 Å². The van der Waals surface area contributed by atoms with Crippen molar-refractivity contribution in [1.82, 2.24) is 4.90 Å². The third-order valence-electron chi connectivity index (χ3n) is 3.67. The molecule has 17 heavy (non-hydrogen) atoms. The Morgan fingerprint density at radius 1 is 1.24 bits per heavy atom. The van der Waals surface area contributed by atoms with Crippen LogP contribution in [-0.2, 0) is 9.53 Å². The van der Waals surface area contributed by atoms with Gasteiger partial charge in [-0.3, -0.25) is 4.79 Å². The zero-order valence-corrected chi connectivity index (χ0v) is 9.93. The molecule has 0 bridgehead atoms. The molecule has 1 saturated carbocycles. The van der Waals surface area contributed by atoms with E-state index in [1.807, 2.05) is 0 Å². The van der Waals surface area contributed by atoms with E-state index in [2.05, 4.69) is 0 Å². The molecule has 2 aliphatic rings. The molecule has 0 aromatic rings. The molecule has 1 unspecified atom stereocenters. The molecule has 1 saturated heterocycles. The predicted octanol–water partition coefficient (Wildman–Crippen LogP) is 1.86. The maximum atomic E-state index is 11.7. The van der Waals surface area contributed by atoms with Crippen molar-refractivity contribution < 1.29 is 19.4 Å². The number of carboxylic acids is 1. The molecular weight excluding hydrogens is 222 g/mol. The van der Waals surface area contributed by atoms with Crippen molar-refractivity contribution in [2.24, 2.45) is 5.92 Å². The van der Waals surface area contributed by atoms with Gasteiger partial charge in [0.05, 0.1) is 0 Å². The van der Waals surface area contributed by atoms with Crippen LogP contribution in [0.15, 0.2) is 0 Å². The molecule has 2 rings (SSSR count). The van der Waals surface area contributed by atoms with E-state index >= 15 is 0 Å². The Labute approximate surface area is 101 Å². The molecule has 5 nitrogen and oxygen atoms in total. The number of hydrogen-bond acceptors (Lipinski definition) is 3. The highest BCUT2D eigenvalue weighted by Crippen LogP contribution is 2.25. The second kappa shape index (κ2) is 5.38. The predicted molar refractivity (Wildman–Crippen MR) is 60.7 cm³/mol. The van der Waals surface area contributed by atoms with Gasteiger partial charge in [0.2, 0.25) is 0 Å². The SMILES string of the molecule is O=C(O)C1COC(=O)N(C2CCCCCC2)C1. The van der Waals surface area contributed by atoms with Crippen molar-refractivity contribution in [3.8, 4) is 0 Å². The van der Waals surface area contributed by atoms with E-state index in [9.17, 15) is 9.59 Å². The lowest BCUT2D eigenvalue weighted by Gasteiger charge is -2.35. The van der Waals surface area contributed by atoms with E-state index in [0.29, 0.717) is 6.54 Å². The molecule has 0 aromatic heterocycles. The highest BCUT2D eigenvalue weighted by atomic mass is 16.6. The Morgan fingerprint density at radius 3 is 2.47 bits per heavy atom. The number of hydrogen-bond donors (Lipinski definition) is 1. The maximum Gasteiger partial charge on any atom is 0.410 e. The van der Waals surface area contributed by atoms with E-state index in [1.54, 1.807) is 4.90 Å². The number of carboxylic acid groups (broad SMARTS) is 1. The Bertz CT molecular complexity index is 297. The second-order valence-corrected chi connectivity index (χ2v) is 4.91. The van der Waals surface area contributed by atoms with Gasteiger partial charge in [-0.25, -0.2) is 4.79 Å². The van der Waals surface area contributed by atoms with Crippen LogP contribution in [0.2, 0.25) is 0 Å². The molecule has 1 N–H and O–H groups in total. The number of ether oxygens (including phenoxy) is 1. The minimum absolute atomic E-state index is 0.0113. The number of nitrogens with zero attached hydrogens (tertiary/aromatic N) is 1. The van der Waals surface area contributed by atoms with Gasteiger partial charge in [0.1, 0.15) is 12.5 Å². The summed E-state index contributed by atoms with van der Waals surface area (Å²) in [5.74, 6) is -1.45. The van der Waals surface area contributed by atoms with Gasteiger partial charge in [0.25, 0.3) is 0 Å². The van der Waals surface area contributed by atoms with Crippen molar-refractivity contribution in [2.75, 3.05) is 13.2 Å². The molecule has 1 heterocycles. The molecule has 0 aromatic carbocycles. The quantitative estimate of drug-likeness (QED) is 0.749. The van der Waals surface area contributed by atoms with E-state index in [4.69, 9.17) is 9.84 Å². The molecule has 2 fully saturated rings. The van der Waals surface area contributed by atoms with Crippen LogP contribution in [0.25, 0.3) is 0 Å². The van der Waals surface area contributed by atoms with E-state index in [-0.39, 0.29) is 18.7 Å². The third-order valence-corrected chi connectivity index (χ3v) is 3.67. The topological polar surface area (TPSA) is 66.8 Å². The second-order valence-electron chi connectivity index (χ2n) is 4.91. The molecule has 1 aliphatic carbocycles. The van der Waals surface area contributed by atoms with Crippen LogP contribution in [0, 0.1) is 5.92 Å². The number of rotatable bonds is 2. The van der Waals surface area contributed by atoms with Crippen LogP contribution in [0.3, 0.4) is 0 Å². The van der Waals surface area contributed by atoms with Crippen LogP contribution in [0.5, 0.6) is 0 Å². The Balaban J connectivity index is 2.00. The number of carbonyl (C=O) groups is 2. The minimum Gasteiger partial charge on any atom is -0.481 e.